The topological polar surface area (TPSA) is 105 Å². The van der Waals surface area contributed by atoms with E-state index in [0.717, 1.165) is 10.1 Å². The number of rotatable bonds is 7. The maximum Gasteiger partial charge on any atom is 0.332 e. The molecule has 0 saturated heterocycles. The molecule has 0 atom stereocenters. The highest BCUT2D eigenvalue weighted by molar-refractivity contribution is 5.81. The summed E-state index contributed by atoms with van der Waals surface area (Å²) in [7, 11) is 6.23. The molecule has 0 aliphatic rings. The normalized spacial score (nSPS) is 11.3. The van der Waals surface area contributed by atoms with Gasteiger partial charge in [0.1, 0.15) is 5.82 Å². The number of ether oxygens (including phenoxy) is 2. The summed E-state index contributed by atoms with van der Waals surface area (Å²) in [5.74, 6) is 0.908. The number of aromatic nitrogens is 4. The number of anilines is 1. The van der Waals surface area contributed by atoms with Crippen molar-refractivity contribution in [3.63, 3.8) is 0 Å². The molecule has 34 heavy (non-hydrogen) atoms. The lowest BCUT2D eigenvalue weighted by molar-refractivity contribution is 0.355. The van der Waals surface area contributed by atoms with Gasteiger partial charge in [-0.25, -0.2) is 14.6 Å². The van der Waals surface area contributed by atoms with Crippen molar-refractivity contribution in [2.45, 2.75) is 6.54 Å². The second-order valence-corrected chi connectivity index (χ2v) is 7.48. The SMILES string of the molecule is COc1ccc(/C=N\Nc2nc3c(c(=O)n(Cc4ccccc4F)c(=O)n3C)n2C)cc1OC. The summed E-state index contributed by atoms with van der Waals surface area (Å²) in [6.07, 6.45) is 1.55. The van der Waals surface area contributed by atoms with E-state index in [0.29, 0.717) is 11.5 Å². The summed E-state index contributed by atoms with van der Waals surface area (Å²) < 4.78 is 28.4. The predicted molar refractivity (Wildman–Crippen MR) is 126 cm³/mol. The Morgan fingerprint density at radius 1 is 1.06 bits per heavy atom. The van der Waals surface area contributed by atoms with Crippen molar-refractivity contribution in [3.05, 3.63) is 80.2 Å². The number of hydrogen-bond donors (Lipinski definition) is 1. The average molecular weight is 466 g/mol. The average Bonchev–Trinajstić information content (AvgIpc) is 3.17. The Balaban J connectivity index is 1.69. The number of nitrogens with zero attached hydrogens (tertiary/aromatic N) is 5. The van der Waals surface area contributed by atoms with Crippen LogP contribution in [0.5, 0.6) is 11.5 Å². The van der Waals surface area contributed by atoms with E-state index in [2.05, 4.69) is 15.5 Å². The minimum Gasteiger partial charge on any atom is -0.493 e. The van der Waals surface area contributed by atoms with E-state index >= 15 is 0 Å². The molecule has 0 spiro atoms. The molecule has 4 aromatic rings. The predicted octanol–water partition coefficient (Wildman–Crippen LogP) is 2.08. The van der Waals surface area contributed by atoms with Crippen LogP contribution in [0.2, 0.25) is 0 Å². The molecule has 0 saturated carbocycles. The Morgan fingerprint density at radius 3 is 2.50 bits per heavy atom. The summed E-state index contributed by atoms with van der Waals surface area (Å²) in [5, 5.41) is 4.18. The van der Waals surface area contributed by atoms with Gasteiger partial charge in [0, 0.05) is 19.7 Å². The van der Waals surface area contributed by atoms with Crippen molar-refractivity contribution < 1.29 is 13.9 Å². The number of benzene rings is 2. The largest absolute Gasteiger partial charge is 0.493 e. The maximum absolute atomic E-state index is 14.1. The van der Waals surface area contributed by atoms with Crippen LogP contribution in [0.25, 0.3) is 11.2 Å². The van der Waals surface area contributed by atoms with Crippen LogP contribution in [0.1, 0.15) is 11.1 Å². The summed E-state index contributed by atoms with van der Waals surface area (Å²) >= 11 is 0. The molecule has 2 aromatic carbocycles. The standard InChI is InChI=1S/C23H23FN6O4/c1-28-19-20(26-22(28)27-25-12-14-9-10-17(33-3)18(11-14)34-4)29(2)23(32)30(21(19)31)13-15-7-5-6-8-16(15)24/h5-12H,13H2,1-4H3,(H,26,27)/b25-12-. The van der Waals surface area contributed by atoms with Gasteiger partial charge in [0.05, 0.1) is 27.0 Å². The maximum atomic E-state index is 14.1. The molecule has 2 aromatic heterocycles. The van der Waals surface area contributed by atoms with Gasteiger partial charge >= 0.3 is 5.69 Å². The van der Waals surface area contributed by atoms with Crippen LogP contribution in [0.4, 0.5) is 10.3 Å². The van der Waals surface area contributed by atoms with E-state index in [9.17, 15) is 14.0 Å². The monoisotopic (exact) mass is 466 g/mol. The molecule has 4 rings (SSSR count). The smallest absolute Gasteiger partial charge is 0.332 e. The second kappa shape index (κ2) is 9.22. The molecule has 0 aliphatic carbocycles. The zero-order chi connectivity index (χ0) is 24.4. The fourth-order valence-electron chi connectivity index (χ4n) is 3.58. The zero-order valence-electron chi connectivity index (χ0n) is 19.1. The number of aryl methyl sites for hydroxylation is 2. The van der Waals surface area contributed by atoms with Gasteiger partial charge in [0.2, 0.25) is 5.95 Å². The molecule has 0 bridgehead atoms. The van der Waals surface area contributed by atoms with Crippen LogP contribution in [-0.4, -0.2) is 39.1 Å². The van der Waals surface area contributed by atoms with Crippen LogP contribution < -0.4 is 26.1 Å². The fourth-order valence-corrected chi connectivity index (χ4v) is 3.58. The van der Waals surface area contributed by atoms with Gasteiger partial charge in [-0.1, -0.05) is 18.2 Å². The third-order valence-electron chi connectivity index (χ3n) is 5.43. The Labute approximate surface area is 193 Å². The number of hydrazone groups is 1. The molecule has 0 unspecified atom stereocenters. The van der Waals surface area contributed by atoms with Gasteiger partial charge in [-0.15, -0.1) is 0 Å². The fraction of sp³-hybridized carbons (Fsp3) is 0.217. The number of nitrogens with one attached hydrogen (secondary N) is 1. The van der Waals surface area contributed by atoms with Crippen molar-refractivity contribution in [1.82, 2.24) is 18.7 Å². The number of halogens is 1. The third kappa shape index (κ3) is 4.03. The van der Waals surface area contributed by atoms with E-state index in [4.69, 9.17) is 9.47 Å². The van der Waals surface area contributed by atoms with Crippen LogP contribution in [0.15, 0.2) is 57.2 Å². The highest BCUT2D eigenvalue weighted by atomic mass is 19.1. The lowest BCUT2D eigenvalue weighted by atomic mass is 10.2. The van der Waals surface area contributed by atoms with Crippen LogP contribution >= 0.6 is 0 Å². The van der Waals surface area contributed by atoms with Crippen molar-refractivity contribution in [2.75, 3.05) is 19.6 Å². The summed E-state index contributed by atoms with van der Waals surface area (Å²) in [4.78, 5) is 30.3. The Bertz CT molecular complexity index is 1520. The molecular formula is C23H23FN6O4. The molecular weight excluding hydrogens is 443 g/mol. The van der Waals surface area contributed by atoms with E-state index in [1.54, 1.807) is 57.8 Å². The molecule has 0 fully saturated rings. The first-order valence-electron chi connectivity index (χ1n) is 10.3. The molecule has 176 valence electrons. The number of methoxy groups -OCH3 is 2. The van der Waals surface area contributed by atoms with Crippen molar-refractivity contribution in [3.8, 4) is 11.5 Å². The minimum atomic E-state index is -0.598. The summed E-state index contributed by atoms with van der Waals surface area (Å²) in [5.41, 5.74) is 2.97. The quantitative estimate of drug-likeness (QED) is 0.330. The Morgan fingerprint density at radius 2 is 1.79 bits per heavy atom. The first kappa shape index (κ1) is 22.8. The Hall–Kier alpha value is -4.41. The minimum absolute atomic E-state index is 0.183. The third-order valence-corrected chi connectivity index (χ3v) is 5.43. The van der Waals surface area contributed by atoms with Crippen molar-refractivity contribution in [2.24, 2.45) is 19.2 Å². The van der Waals surface area contributed by atoms with Crippen molar-refractivity contribution in [1.29, 1.82) is 0 Å². The van der Waals surface area contributed by atoms with Gasteiger partial charge in [-0.05, 0) is 29.8 Å². The molecule has 0 aliphatic heterocycles. The first-order valence-corrected chi connectivity index (χ1v) is 10.3. The number of fused-ring (bicyclic) bond motifs is 1. The second-order valence-electron chi connectivity index (χ2n) is 7.48. The lowest BCUT2D eigenvalue weighted by Crippen LogP contribution is -2.40. The highest BCUT2D eigenvalue weighted by Gasteiger charge is 2.19. The molecule has 10 nitrogen and oxygen atoms in total. The number of imidazole rings is 1. The van der Waals surface area contributed by atoms with E-state index in [1.165, 1.54) is 28.3 Å². The zero-order valence-corrected chi connectivity index (χ0v) is 19.1. The van der Waals surface area contributed by atoms with Crippen LogP contribution in [-0.2, 0) is 20.6 Å². The molecule has 11 heteroatoms. The van der Waals surface area contributed by atoms with E-state index in [1.807, 2.05) is 0 Å². The lowest BCUT2D eigenvalue weighted by Gasteiger charge is -2.09. The van der Waals surface area contributed by atoms with Gasteiger partial charge < -0.3 is 14.0 Å². The van der Waals surface area contributed by atoms with Crippen molar-refractivity contribution >= 4 is 23.3 Å². The van der Waals surface area contributed by atoms with Gasteiger partial charge in [-0.2, -0.15) is 10.1 Å². The van der Waals surface area contributed by atoms with Gasteiger partial charge in [0.15, 0.2) is 22.7 Å². The van der Waals surface area contributed by atoms with Crippen LogP contribution in [0.3, 0.4) is 0 Å². The molecule has 0 radical (unpaired) electrons. The molecule has 2 heterocycles. The van der Waals surface area contributed by atoms with Crippen LogP contribution in [0, 0.1) is 5.82 Å². The number of hydrogen-bond acceptors (Lipinski definition) is 7. The molecule has 0 amide bonds. The first-order chi connectivity index (χ1) is 16.3. The summed E-state index contributed by atoms with van der Waals surface area (Å²) in [6.45, 7) is -0.195. The van der Waals surface area contributed by atoms with Gasteiger partial charge in [0.25, 0.3) is 5.56 Å². The van der Waals surface area contributed by atoms with Gasteiger partial charge in [-0.3, -0.25) is 13.9 Å². The highest BCUT2D eigenvalue weighted by Crippen LogP contribution is 2.26. The molecule has 1 N–H and O–H groups in total. The Kier molecular flexibility index (Phi) is 6.17. The van der Waals surface area contributed by atoms with E-state index < -0.39 is 17.1 Å². The summed E-state index contributed by atoms with van der Waals surface area (Å²) in [6, 6.07) is 11.3. The van der Waals surface area contributed by atoms with E-state index in [-0.39, 0.29) is 29.2 Å².